The highest BCUT2D eigenvalue weighted by Gasteiger charge is 2.21. The smallest absolute Gasteiger partial charge is 0.223 e. The Morgan fingerprint density at radius 1 is 1.16 bits per heavy atom. The van der Waals surface area contributed by atoms with E-state index in [0.717, 1.165) is 32.7 Å². The minimum atomic E-state index is 0.348. The number of rotatable bonds is 4. The topological polar surface area (TPSA) is 35.6 Å². The molecule has 1 amide bonds. The summed E-state index contributed by atoms with van der Waals surface area (Å²) in [7, 11) is 0. The first kappa shape index (κ1) is 14.8. The minimum absolute atomic E-state index is 0.348. The van der Waals surface area contributed by atoms with Crippen molar-refractivity contribution in [2.24, 2.45) is 0 Å². The van der Waals surface area contributed by atoms with Crippen LogP contribution in [0.4, 0.5) is 0 Å². The monoisotopic (exact) mass is 267 g/mol. The summed E-state index contributed by atoms with van der Waals surface area (Å²) in [6, 6.07) is 0.707. The molecule has 2 aliphatic rings. The van der Waals surface area contributed by atoms with Crippen molar-refractivity contribution in [2.75, 3.05) is 39.3 Å². The van der Waals surface area contributed by atoms with Crippen LogP contribution < -0.4 is 5.32 Å². The van der Waals surface area contributed by atoms with Gasteiger partial charge in [-0.25, -0.2) is 0 Å². The molecule has 2 saturated heterocycles. The molecule has 2 aliphatic heterocycles. The van der Waals surface area contributed by atoms with Crippen LogP contribution >= 0.6 is 0 Å². The quantitative estimate of drug-likeness (QED) is 0.838. The van der Waals surface area contributed by atoms with Crippen LogP contribution in [0.25, 0.3) is 0 Å². The number of hydrogen-bond acceptors (Lipinski definition) is 3. The third-order valence-electron chi connectivity index (χ3n) is 4.55. The minimum Gasteiger partial charge on any atom is -0.340 e. The van der Waals surface area contributed by atoms with Gasteiger partial charge in [0.2, 0.25) is 5.91 Å². The Balaban J connectivity index is 1.77. The summed E-state index contributed by atoms with van der Waals surface area (Å²) in [5.74, 6) is 0.348. The normalized spacial score (nSPS) is 26.2. The number of amides is 1. The van der Waals surface area contributed by atoms with E-state index in [1.165, 1.54) is 38.6 Å². The van der Waals surface area contributed by atoms with Gasteiger partial charge < -0.3 is 10.2 Å². The van der Waals surface area contributed by atoms with Crippen LogP contribution in [0, 0.1) is 0 Å². The molecule has 0 bridgehead atoms. The van der Waals surface area contributed by atoms with Crippen molar-refractivity contribution in [3.8, 4) is 0 Å². The summed E-state index contributed by atoms with van der Waals surface area (Å²) in [5.41, 5.74) is 0. The maximum absolute atomic E-state index is 12.2. The van der Waals surface area contributed by atoms with Gasteiger partial charge in [0.25, 0.3) is 0 Å². The molecule has 4 heteroatoms. The Kier molecular flexibility index (Phi) is 6.11. The fraction of sp³-hybridized carbons (Fsp3) is 0.933. The Bertz CT molecular complexity index is 277. The highest BCUT2D eigenvalue weighted by Crippen LogP contribution is 2.19. The van der Waals surface area contributed by atoms with E-state index in [1.54, 1.807) is 0 Å². The van der Waals surface area contributed by atoms with E-state index in [0.29, 0.717) is 18.4 Å². The van der Waals surface area contributed by atoms with Crippen molar-refractivity contribution in [2.45, 2.75) is 51.5 Å². The predicted octanol–water partition coefficient (Wildman–Crippen LogP) is 1.46. The van der Waals surface area contributed by atoms with Gasteiger partial charge in [-0.3, -0.25) is 9.69 Å². The second-order valence-electron chi connectivity index (χ2n) is 5.83. The molecule has 1 unspecified atom stereocenters. The van der Waals surface area contributed by atoms with Gasteiger partial charge in [0.1, 0.15) is 0 Å². The van der Waals surface area contributed by atoms with E-state index in [4.69, 9.17) is 0 Å². The summed E-state index contributed by atoms with van der Waals surface area (Å²) >= 11 is 0. The molecule has 0 spiro atoms. The van der Waals surface area contributed by atoms with E-state index in [-0.39, 0.29) is 0 Å². The van der Waals surface area contributed by atoms with Crippen LogP contribution in [0.1, 0.15) is 45.4 Å². The van der Waals surface area contributed by atoms with Crippen LogP contribution in [0.5, 0.6) is 0 Å². The molecule has 0 aliphatic carbocycles. The van der Waals surface area contributed by atoms with Crippen molar-refractivity contribution in [1.29, 1.82) is 0 Å². The number of likely N-dealkylation sites (tertiary alicyclic amines) is 1. The molecule has 4 nitrogen and oxygen atoms in total. The third kappa shape index (κ3) is 4.46. The van der Waals surface area contributed by atoms with E-state index >= 15 is 0 Å². The Hall–Kier alpha value is -0.610. The second kappa shape index (κ2) is 7.85. The molecule has 0 radical (unpaired) electrons. The van der Waals surface area contributed by atoms with Crippen LogP contribution in [-0.4, -0.2) is 61.0 Å². The summed E-state index contributed by atoms with van der Waals surface area (Å²) in [4.78, 5) is 16.8. The molecule has 19 heavy (non-hydrogen) atoms. The number of carbonyl (C=O) groups excluding carboxylic acids is 1. The number of carbonyl (C=O) groups is 1. The van der Waals surface area contributed by atoms with Gasteiger partial charge in [0.15, 0.2) is 0 Å². The zero-order valence-corrected chi connectivity index (χ0v) is 12.4. The van der Waals surface area contributed by atoms with E-state index in [1.807, 2.05) is 4.90 Å². The first-order valence-corrected chi connectivity index (χ1v) is 8.04. The van der Waals surface area contributed by atoms with Gasteiger partial charge in [-0.15, -0.1) is 0 Å². The van der Waals surface area contributed by atoms with Gasteiger partial charge in [0.05, 0.1) is 0 Å². The lowest BCUT2D eigenvalue weighted by molar-refractivity contribution is -0.132. The number of nitrogens with zero attached hydrogens (tertiary/aromatic N) is 2. The molecule has 1 N–H and O–H groups in total. The third-order valence-corrected chi connectivity index (χ3v) is 4.55. The van der Waals surface area contributed by atoms with E-state index in [2.05, 4.69) is 17.1 Å². The van der Waals surface area contributed by atoms with Crippen LogP contribution in [0.3, 0.4) is 0 Å². The van der Waals surface area contributed by atoms with Crippen molar-refractivity contribution >= 4 is 5.91 Å². The highest BCUT2D eigenvalue weighted by molar-refractivity contribution is 5.76. The van der Waals surface area contributed by atoms with Crippen molar-refractivity contribution in [1.82, 2.24) is 15.1 Å². The van der Waals surface area contributed by atoms with Crippen LogP contribution in [0.15, 0.2) is 0 Å². The second-order valence-corrected chi connectivity index (χ2v) is 5.83. The lowest BCUT2D eigenvalue weighted by atomic mass is 10.1. The summed E-state index contributed by atoms with van der Waals surface area (Å²) < 4.78 is 0. The molecular weight excluding hydrogens is 238 g/mol. The van der Waals surface area contributed by atoms with Gasteiger partial charge in [0, 0.05) is 45.2 Å². The van der Waals surface area contributed by atoms with Crippen LogP contribution in [0.2, 0.25) is 0 Å². The molecule has 0 aromatic carbocycles. The van der Waals surface area contributed by atoms with Gasteiger partial charge in [-0.05, 0) is 25.8 Å². The fourth-order valence-electron chi connectivity index (χ4n) is 3.31. The molecule has 0 aromatic heterocycles. The summed E-state index contributed by atoms with van der Waals surface area (Å²) in [6.45, 7) is 8.10. The molecule has 2 fully saturated rings. The van der Waals surface area contributed by atoms with Crippen molar-refractivity contribution in [3.05, 3.63) is 0 Å². The van der Waals surface area contributed by atoms with E-state index < -0.39 is 0 Å². The summed E-state index contributed by atoms with van der Waals surface area (Å²) in [6.07, 6.45) is 7.27. The first-order chi connectivity index (χ1) is 9.31. The van der Waals surface area contributed by atoms with Crippen LogP contribution in [-0.2, 0) is 4.79 Å². The average Bonchev–Trinajstić information content (AvgIpc) is 2.70. The molecular formula is C15H29N3O. The zero-order valence-electron chi connectivity index (χ0n) is 12.4. The molecule has 0 aromatic rings. The summed E-state index contributed by atoms with van der Waals surface area (Å²) in [5, 5.41) is 3.30. The average molecular weight is 267 g/mol. The van der Waals surface area contributed by atoms with Crippen molar-refractivity contribution < 1.29 is 4.79 Å². The highest BCUT2D eigenvalue weighted by atomic mass is 16.2. The maximum atomic E-state index is 12.2. The van der Waals surface area contributed by atoms with Gasteiger partial charge in [-0.1, -0.05) is 19.8 Å². The molecule has 110 valence electrons. The lowest BCUT2D eigenvalue weighted by Gasteiger charge is -2.31. The Morgan fingerprint density at radius 2 is 1.95 bits per heavy atom. The number of nitrogens with one attached hydrogen (secondary N) is 1. The number of hydrogen-bond donors (Lipinski definition) is 1. The molecule has 2 rings (SSSR count). The standard InChI is InChI=1S/C15H29N3O/c1-2-14-6-4-3-5-10-17(14)11-7-15(19)18-12-8-16-9-13-18/h14,16H,2-13H2,1H3. The maximum Gasteiger partial charge on any atom is 0.223 e. The largest absolute Gasteiger partial charge is 0.340 e. The molecule has 1 atom stereocenters. The molecule has 0 saturated carbocycles. The predicted molar refractivity (Wildman–Crippen MR) is 78.2 cm³/mol. The SMILES string of the molecule is CCC1CCCCCN1CCC(=O)N1CCNCC1. The van der Waals surface area contributed by atoms with E-state index in [9.17, 15) is 4.79 Å². The van der Waals surface area contributed by atoms with Gasteiger partial charge >= 0.3 is 0 Å². The lowest BCUT2D eigenvalue weighted by Crippen LogP contribution is -2.47. The Labute approximate surface area is 117 Å². The van der Waals surface area contributed by atoms with Crippen molar-refractivity contribution in [3.63, 3.8) is 0 Å². The number of piperazine rings is 1. The first-order valence-electron chi connectivity index (χ1n) is 8.04. The Morgan fingerprint density at radius 3 is 2.68 bits per heavy atom. The zero-order chi connectivity index (χ0) is 13.5. The van der Waals surface area contributed by atoms with Gasteiger partial charge in [-0.2, -0.15) is 0 Å². The molecule has 2 heterocycles. The fourth-order valence-corrected chi connectivity index (χ4v) is 3.31.